The quantitative estimate of drug-likeness (QED) is 0.811. The first-order valence-electron chi connectivity index (χ1n) is 4.02. The number of rotatable bonds is 5. The van der Waals surface area contributed by atoms with E-state index in [4.69, 9.17) is 10.2 Å². The van der Waals surface area contributed by atoms with Crippen molar-refractivity contribution in [1.29, 1.82) is 0 Å². The maximum Gasteiger partial charge on any atom is 0.218 e. The van der Waals surface area contributed by atoms with E-state index in [9.17, 15) is 4.79 Å². The first-order chi connectivity index (χ1) is 6.59. The molecule has 1 amide bonds. The average molecular weight is 326 g/mol. The van der Waals surface area contributed by atoms with Gasteiger partial charge in [0.1, 0.15) is 5.76 Å². The number of nitrogens with two attached hydrogens (primary N) is 1. The molecule has 0 radical (unpaired) electrons. The smallest absolute Gasteiger partial charge is 0.218 e. The van der Waals surface area contributed by atoms with Gasteiger partial charge in [0, 0.05) is 13.0 Å². The molecule has 1 heterocycles. The number of halogens is 2. The molecule has 0 spiro atoms. The second-order valence-corrected chi connectivity index (χ2v) is 4.30. The molecule has 14 heavy (non-hydrogen) atoms. The van der Waals surface area contributed by atoms with Crippen molar-refractivity contribution in [3.8, 4) is 0 Å². The molecule has 0 aliphatic rings. The average Bonchev–Trinajstić information content (AvgIpc) is 2.40. The summed E-state index contributed by atoms with van der Waals surface area (Å²) in [5.74, 6) is 0.493. The minimum absolute atomic E-state index is 0.306. The molecule has 0 saturated carbocycles. The van der Waals surface area contributed by atoms with Gasteiger partial charge in [-0.25, -0.2) is 0 Å². The van der Waals surface area contributed by atoms with Gasteiger partial charge in [0.25, 0.3) is 0 Å². The molecule has 6 heteroatoms. The van der Waals surface area contributed by atoms with Crippen LogP contribution in [0.4, 0.5) is 0 Å². The predicted molar refractivity (Wildman–Crippen MR) is 59.6 cm³/mol. The van der Waals surface area contributed by atoms with Crippen LogP contribution in [0, 0.1) is 0 Å². The molecule has 0 atom stereocenters. The van der Waals surface area contributed by atoms with Crippen LogP contribution in [-0.4, -0.2) is 12.5 Å². The number of nitrogens with one attached hydrogen (secondary N) is 1. The van der Waals surface area contributed by atoms with Gasteiger partial charge in [0.2, 0.25) is 5.91 Å². The zero-order chi connectivity index (χ0) is 10.6. The van der Waals surface area contributed by atoms with Crippen molar-refractivity contribution >= 4 is 37.8 Å². The van der Waals surface area contributed by atoms with Crippen molar-refractivity contribution in [2.45, 2.75) is 13.0 Å². The van der Waals surface area contributed by atoms with Gasteiger partial charge in [-0.15, -0.1) is 0 Å². The zero-order valence-electron chi connectivity index (χ0n) is 7.35. The molecule has 1 aromatic heterocycles. The summed E-state index contributed by atoms with van der Waals surface area (Å²) in [4.78, 5) is 10.4. The number of primary amides is 1. The van der Waals surface area contributed by atoms with Gasteiger partial charge < -0.3 is 15.5 Å². The lowest BCUT2D eigenvalue weighted by atomic mass is 10.4. The second kappa shape index (κ2) is 5.53. The van der Waals surface area contributed by atoms with Gasteiger partial charge in [-0.05, 0) is 37.9 Å². The lowest BCUT2D eigenvalue weighted by Gasteiger charge is -1.99. The fourth-order valence-electron chi connectivity index (χ4n) is 0.902. The van der Waals surface area contributed by atoms with Gasteiger partial charge in [0.05, 0.1) is 11.0 Å². The molecular formula is C8H10Br2N2O2. The Balaban J connectivity index is 2.28. The summed E-state index contributed by atoms with van der Waals surface area (Å²) in [5.41, 5.74) is 4.98. The molecule has 0 fully saturated rings. The topological polar surface area (TPSA) is 68.3 Å². The monoisotopic (exact) mass is 324 g/mol. The number of carbonyl (C=O) groups excluding carboxylic acids is 1. The Labute approximate surface area is 98.5 Å². The van der Waals surface area contributed by atoms with Crippen molar-refractivity contribution in [2.75, 3.05) is 6.54 Å². The van der Waals surface area contributed by atoms with Crippen LogP contribution in [0.3, 0.4) is 0 Å². The van der Waals surface area contributed by atoms with Gasteiger partial charge in [-0.1, -0.05) is 0 Å². The van der Waals surface area contributed by atoms with E-state index in [0.29, 0.717) is 24.2 Å². The predicted octanol–water partition coefficient (Wildman–Crippen LogP) is 1.77. The number of hydrogen-bond donors (Lipinski definition) is 2. The van der Waals surface area contributed by atoms with Crippen LogP contribution >= 0.6 is 31.9 Å². The molecule has 3 N–H and O–H groups in total. The highest BCUT2D eigenvalue weighted by Gasteiger charge is 2.05. The molecule has 1 aromatic rings. The minimum Gasteiger partial charge on any atom is -0.452 e. The largest absolute Gasteiger partial charge is 0.452 e. The Kier molecular flexibility index (Phi) is 4.64. The number of amides is 1. The molecule has 0 aliphatic carbocycles. The van der Waals surface area contributed by atoms with Gasteiger partial charge in [-0.2, -0.15) is 0 Å². The highest BCUT2D eigenvalue weighted by molar-refractivity contribution is 9.13. The normalized spacial score (nSPS) is 10.4. The van der Waals surface area contributed by atoms with Crippen molar-refractivity contribution in [2.24, 2.45) is 5.73 Å². The first-order valence-corrected chi connectivity index (χ1v) is 5.61. The minimum atomic E-state index is -0.306. The van der Waals surface area contributed by atoms with E-state index in [1.807, 2.05) is 6.07 Å². The second-order valence-electron chi connectivity index (χ2n) is 2.73. The summed E-state index contributed by atoms with van der Waals surface area (Å²) >= 11 is 6.54. The summed E-state index contributed by atoms with van der Waals surface area (Å²) in [6, 6.07) is 1.86. The summed E-state index contributed by atoms with van der Waals surface area (Å²) < 4.78 is 6.86. The van der Waals surface area contributed by atoms with E-state index in [1.165, 1.54) is 0 Å². The third-order valence-electron chi connectivity index (χ3n) is 1.54. The van der Waals surface area contributed by atoms with Crippen LogP contribution in [0.1, 0.15) is 12.2 Å². The summed E-state index contributed by atoms with van der Waals surface area (Å²) in [6.07, 6.45) is 0.336. The summed E-state index contributed by atoms with van der Waals surface area (Å²) in [7, 11) is 0. The van der Waals surface area contributed by atoms with Gasteiger partial charge in [-0.3, -0.25) is 4.79 Å². The van der Waals surface area contributed by atoms with Crippen LogP contribution in [0.25, 0.3) is 0 Å². The fraction of sp³-hybridized carbons (Fsp3) is 0.375. The SMILES string of the molecule is NC(=O)CCNCc1cc(Br)c(Br)o1. The number of carbonyl (C=O) groups is 1. The molecule has 0 bridgehead atoms. The zero-order valence-corrected chi connectivity index (χ0v) is 10.5. The molecule has 0 saturated heterocycles. The van der Waals surface area contributed by atoms with E-state index < -0.39 is 0 Å². The molecule has 0 unspecified atom stereocenters. The first kappa shape index (κ1) is 11.7. The highest BCUT2D eigenvalue weighted by atomic mass is 79.9. The number of hydrogen-bond acceptors (Lipinski definition) is 3. The Morgan fingerprint density at radius 2 is 2.29 bits per heavy atom. The molecule has 1 rings (SSSR count). The lowest BCUT2D eigenvalue weighted by molar-refractivity contribution is -0.117. The molecule has 78 valence electrons. The molecular weight excluding hydrogens is 316 g/mol. The van der Waals surface area contributed by atoms with Crippen LogP contribution in [0.2, 0.25) is 0 Å². The van der Waals surface area contributed by atoms with Crippen LogP contribution < -0.4 is 11.1 Å². The van der Waals surface area contributed by atoms with Gasteiger partial charge in [0.15, 0.2) is 4.67 Å². The molecule has 4 nitrogen and oxygen atoms in total. The van der Waals surface area contributed by atoms with E-state index in [-0.39, 0.29) is 5.91 Å². The van der Waals surface area contributed by atoms with Crippen molar-refractivity contribution < 1.29 is 9.21 Å². The Morgan fingerprint density at radius 3 is 2.79 bits per heavy atom. The Hall–Kier alpha value is -0.330. The van der Waals surface area contributed by atoms with Crippen molar-refractivity contribution in [3.05, 3.63) is 21.0 Å². The molecule has 0 aliphatic heterocycles. The fourth-order valence-corrected chi connectivity index (χ4v) is 1.56. The third kappa shape index (κ3) is 3.81. The van der Waals surface area contributed by atoms with E-state index in [0.717, 1.165) is 10.2 Å². The van der Waals surface area contributed by atoms with Gasteiger partial charge >= 0.3 is 0 Å². The van der Waals surface area contributed by atoms with E-state index in [1.54, 1.807) is 0 Å². The van der Waals surface area contributed by atoms with Crippen LogP contribution in [0.15, 0.2) is 19.6 Å². The van der Waals surface area contributed by atoms with Crippen molar-refractivity contribution in [1.82, 2.24) is 5.32 Å². The summed E-state index contributed by atoms with van der Waals surface area (Å²) in [6.45, 7) is 1.14. The Morgan fingerprint density at radius 1 is 1.57 bits per heavy atom. The highest BCUT2D eigenvalue weighted by Crippen LogP contribution is 2.26. The molecule has 0 aromatic carbocycles. The van der Waals surface area contributed by atoms with Crippen LogP contribution in [0.5, 0.6) is 0 Å². The van der Waals surface area contributed by atoms with Crippen LogP contribution in [-0.2, 0) is 11.3 Å². The third-order valence-corrected chi connectivity index (χ3v) is 3.25. The Bertz CT molecular complexity index is 306. The maximum absolute atomic E-state index is 10.4. The maximum atomic E-state index is 10.4. The lowest BCUT2D eigenvalue weighted by Crippen LogP contribution is -2.21. The summed E-state index contributed by atoms with van der Waals surface area (Å²) in [5, 5.41) is 3.04. The standard InChI is InChI=1S/C8H10Br2N2O2/c9-6-3-5(14-8(6)10)4-12-2-1-7(11)13/h3,12H,1-2,4H2,(H2,11,13). The van der Waals surface area contributed by atoms with E-state index >= 15 is 0 Å². The van der Waals surface area contributed by atoms with Crippen molar-refractivity contribution in [3.63, 3.8) is 0 Å². The van der Waals surface area contributed by atoms with E-state index in [2.05, 4.69) is 37.2 Å². The number of furan rings is 1.